The number of hydrogen-bond acceptors (Lipinski definition) is 14. The highest BCUT2D eigenvalue weighted by Crippen LogP contribution is 2.69. The van der Waals surface area contributed by atoms with Crippen LogP contribution in [0.3, 0.4) is 0 Å². The molecule has 53 heavy (non-hydrogen) atoms. The fourth-order valence-electron chi connectivity index (χ4n) is 11.4. The Morgan fingerprint density at radius 3 is 2.26 bits per heavy atom. The van der Waals surface area contributed by atoms with E-state index in [0.717, 1.165) is 5.57 Å². The second-order valence-corrected chi connectivity index (χ2v) is 17.7. The van der Waals surface area contributed by atoms with E-state index in [1.165, 1.54) is 7.11 Å². The first kappa shape index (κ1) is 41.6. The van der Waals surface area contributed by atoms with Gasteiger partial charge in [0.05, 0.1) is 49.8 Å². The lowest BCUT2D eigenvalue weighted by Crippen LogP contribution is -2.66. The van der Waals surface area contributed by atoms with Crippen LogP contribution >= 0.6 is 0 Å². The monoisotopic (exact) mass is 756 g/mol. The molecule has 3 saturated carbocycles. The smallest absolute Gasteiger partial charge is 0.187 e. The van der Waals surface area contributed by atoms with Crippen LogP contribution in [0.15, 0.2) is 23.8 Å². The molecule has 2 saturated heterocycles. The lowest BCUT2D eigenvalue weighted by molar-refractivity contribution is -0.285. The fraction of sp³-hybridized carbons (Fsp3) is 0.897. The molecule has 2 aliphatic heterocycles. The highest BCUT2D eigenvalue weighted by atomic mass is 16.7. The average Bonchev–Trinajstić information content (AvgIpc) is 3.49. The van der Waals surface area contributed by atoms with Crippen LogP contribution in [0, 0.1) is 46.3 Å². The van der Waals surface area contributed by atoms with Crippen LogP contribution in [-0.4, -0.2) is 152 Å². The van der Waals surface area contributed by atoms with Crippen LogP contribution in [0.5, 0.6) is 0 Å². The second-order valence-electron chi connectivity index (χ2n) is 17.7. The predicted molar refractivity (Wildman–Crippen MR) is 189 cm³/mol. The summed E-state index contributed by atoms with van der Waals surface area (Å²) in [6.07, 6.45) is -3.95. The van der Waals surface area contributed by atoms with Crippen molar-refractivity contribution in [2.45, 2.75) is 146 Å². The maximum atomic E-state index is 12.8. The van der Waals surface area contributed by atoms with Crippen molar-refractivity contribution in [3.63, 3.8) is 0 Å². The van der Waals surface area contributed by atoms with Crippen LogP contribution < -0.4 is 0 Å². The molecule has 0 spiro atoms. The summed E-state index contributed by atoms with van der Waals surface area (Å²) in [5.74, 6) is -1.53. The number of ether oxygens (including phenoxy) is 5. The summed E-state index contributed by atoms with van der Waals surface area (Å²) in [6, 6.07) is 0. The number of aliphatic hydroxyl groups excluding tert-OH is 8. The first-order valence-electron chi connectivity index (χ1n) is 19.5. The zero-order chi connectivity index (χ0) is 38.8. The predicted octanol–water partition coefficient (Wildman–Crippen LogP) is -0.00890. The van der Waals surface area contributed by atoms with Crippen LogP contribution in [0.1, 0.15) is 66.7 Å². The van der Waals surface area contributed by atoms with Gasteiger partial charge < -0.3 is 69.6 Å². The van der Waals surface area contributed by atoms with E-state index < -0.39 is 103 Å². The molecular formula is C39H64O14. The van der Waals surface area contributed by atoms with Gasteiger partial charge in [-0.15, -0.1) is 0 Å². The molecule has 14 nitrogen and oxygen atoms in total. The molecule has 0 bridgehead atoms. The van der Waals surface area contributed by atoms with Gasteiger partial charge in [-0.3, -0.25) is 0 Å². The largest absolute Gasteiger partial charge is 0.394 e. The Balaban J connectivity index is 1.17. The van der Waals surface area contributed by atoms with Crippen molar-refractivity contribution in [1.82, 2.24) is 0 Å². The molecule has 6 aliphatic rings. The van der Waals surface area contributed by atoms with Crippen molar-refractivity contribution in [2.24, 2.45) is 46.3 Å². The highest BCUT2D eigenvalue weighted by molar-refractivity contribution is 5.33. The molecule has 9 N–H and O–H groups in total. The van der Waals surface area contributed by atoms with E-state index in [9.17, 15) is 46.0 Å². The molecule has 0 aromatic rings. The number of methoxy groups -OCH3 is 1. The van der Waals surface area contributed by atoms with Crippen molar-refractivity contribution in [3.8, 4) is 0 Å². The van der Waals surface area contributed by atoms with Gasteiger partial charge in [-0.05, 0) is 65.8 Å². The summed E-state index contributed by atoms with van der Waals surface area (Å²) in [6.45, 7) is 9.86. The van der Waals surface area contributed by atoms with Crippen LogP contribution in [0.4, 0.5) is 0 Å². The van der Waals surface area contributed by atoms with Gasteiger partial charge in [0.1, 0.15) is 36.6 Å². The van der Waals surface area contributed by atoms with Gasteiger partial charge in [-0.1, -0.05) is 52.8 Å². The van der Waals surface area contributed by atoms with E-state index in [-0.39, 0.29) is 49.2 Å². The van der Waals surface area contributed by atoms with E-state index in [1.54, 1.807) is 0 Å². The minimum atomic E-state index is -1.45. The molecule has 4 aliphatic carbocycles. The second kappa shape index (κ2) is 15.7. The third-order valence-corrected chi connectivity index (χ3v) is 14.3. The van der Waals surface area contributed by atoms with E-state index in [2.05, 4.69) is 13.8 Å². The summed E-state index contributed by atoms with van der Waals surface area (Å²) in [5, 5.41) is 98.4. The molecule has 8 unspecified atom stereocenters. The summed E-state index contributed by atoms with van der Waals surface area (Å²) < 4.78 is 28.6. The van der Waals surface area contributed by atoms with Crippen LogP contribution in [0.2, 0.25) is 0 Å². The molecule has 0 amide bonds. The van der Waals surface area contributed by atoms with Gasteiger partial charge in [0, 0.05) is 25.4 Å². The van der Waals surface area contributed by atoms with Crippen molar-refractivity contribution >= 4 is 0 Å². The maximum Gasteiger partial charge on any atom is 0.187 e. The third kappa shape index (κ3) is 7.11. The lowest BCUT2D eigenvalue weighted by atomic mass is 9.43. The molecule has 304 valence electrons. The molecule has 5 fully saturated rings. The Hall–Kier alpha value is -1.08. The molecular weight excluding hydrogens is 692 g/mol. The zero-order valence-electron chi connectivity index (χ0n) is 31.8. The van der Waals surface area contributed by atoms with Gasteiger partial charge in [-0.25, -0.2) is 0 Å². The van der Waals surface area contributed by atoms with Crippen molar-refractivity contribution in [3.05, 3.63) is 23.8 Å². The fourth-order valence-corrected chi connectivity index (χ4v) is 11.4. The van der Waals surface area contributed by atoms with Crippen LogP contribution in [-0.2, 0) is 23.7 Å². The van der Waals surface area contributed by atoms with E-state index >= 15 is 0 Å². The van der Waals surface area contributed by atoms with E-state index in [1.807, 2.05) is 39.0 Å². The van der Waals surface area contributed by atoms with Crippen molar-refractivity contribution < 1.29 is 69.6 Å². The molecule has 2 heterocycles. The molecule has 0 aromatic carbocycles. The van der Waals surface area contributed by atoms with E-state index in [4.69, 9.17) is 23.7 Å². The van der Waals surface area contributed by atoms with Gasteiger partial charge in [0.2, 0.25) is 0 Å². The maximum absolute atomic E-state index is 12.8. The third-order valence-electron chi connectivity index (χ3n) is 14.3. The number of fused-ring (bicyclic) bond motifs is 5. The first-order chi connectivity index (χ1) is 24.9. The minimum absolute atomic E-state index is 0.00596. The van der Waals surface area contributed by atoms with Crippen molar-refractivity contribution in [1.29, 1.82) is 0 Å². The standard InChI is InChI=1S/C39H64O14/c1-18(2)20(16-50-35-32(47)29(44)25(15-40)53-35)8-7-19(3)27-30(45)31(46)34-38(27,5)12-10-26-37(4)11-9-21(13-22(37)23(41)14-39(26,34)48)52-36-33(49-6)28(43)24(42)17-51-36/h7-8,13,18-21,23-36,40-48H,9-12,14-17H2,1-6H3/b8-7+/t19-,20-,21+,23-,24-,25?,26?,27+,28?,29?,30-,31+,32?,33?,34?,35?,36+,37+,38-,39+/m1/s1. The van der Waals surface area contributed by atoms with Gasteiger partial charge >= 0.3 is 0 Å². The van der Waals surface area contributed by atoms with E-state index in [0.29, 0.717) is 25.7 Å². The lowest BCUT2D eigenvalue weighted by Gasteiger charge is -2.63. The quantitative estimate of drug-likeness (QED) is 0.127. The number of rotatable bonds is 11. The summed E-state index contributed by atoms with van der Waals surface area (Å²) in [4.78, 5) is 0. The van der Waals surface area contributed by atoms with Crippen molar-refractivity contribution in [2.75, 3.05) is 26.9 Å². The SMILES string of the molecule is COC1C(O)[C@H](O)CO[C@H]1O[C@@H]1C=C2[C@H](O)C[C@]3(O)C(CC[C@@]4(C)C3[C@@H](O)[C@H](O)[C@@H]4[C@H](C)/C=C/[C@H](COC3OC(CO)C(O)C3O)C(C)C)[C@@]2(C)CC1. The van der Waals surface area contributed by atoms with Gasteiger partial charge in [-0.2, -0.15) is 0 Å². The average molecular weight is 757 g/mol. The summed E-state index contributed by atoms with van der Waals surface area (Å²) >= 11 is 0. The normalized spacial score (nSPS) is 51.2. The first-order valence-corrected chi connectivity index (χ1v) is 19.5. The minimum Gasteiger partial charge on any atom is -0.394 e. The van der Waals surface area contributed by atoms with Crippen LogP contribution in [0.25, 0.3) is 0 Å². The van der Waals surface area contributed by atoms with Gasteiger partial charge in [0.15, 0.2) is 12.6 Å². The Kier molecular flexibility index (Phi) is 12.3. The highest BCUT2D eigenvalue weighted by Gasteiger charge is 2.72. The summed E-state index contributed by atoms with van der Waals surface area (Å²) in [5.41, 5.74) is -1.92. The van der Waals surface area contributed by atoms with Gasteiger partial charge in [0.25, 0.3) is 0 Å². The summed E-state index contributed by atoms with van der Waals surface area (Å²) in [7, 11) is 1.42. The Labute approximate surface area is 312 Å². The Morgan fingerprint density at radius 1 is 0.906 bits per heavy atom. The number of hydrogen-bond donors (Lipinski definition) is 9. The molecule has 0 radical (unpaired) electrons. The molecule has 0 aromatic heterocycles. The Morgan fingerprint density at radius 2 is 1.62 bits per heavy atom. The molecule has 6 rings (SSSR count). The topological polar surface area (TPSA) is 228 Å². The molecule has 14 heteroatoms. The Bertz CT molecular complexity index is 1330. The number of aliphatic hydroxyl groups is 9. The number of allylic oxidation sites excluding steroid dienone is 1. The molecule has 20 atom stereocenters. The zero-order valence-corrected chi connectivity index (χ0v) is 31.8.